The molecule has 0 aliphatic carbocycles. The number of phenols is 1. The lowest BCUT2D eigenvalue weighted by atomic mass is 10.2. The van der Waals surface area contributed by atoms with Crippen molar-refractivity contribution in [1.82, 2.24) is 4.83 Å². The van der Waals surface area contributed by atoms with Gasteiger partial charge in [-0.25, -0.2) is 4.83 Å². The predicted molar refractivity (Wildman–Crippen MR) is 96.2 cm³/mol. The van der Waals surface area contributed by atoms with E-state index in [0.29, 0.717) is 15.6 Å². The third-order valence-corrected chi connectivity index (χ3v) is 5.13. The largest absolute Gasteiger partial charge is 0.504 e. The van der Waals surface area contributed by atoms with Gasteiger partial charge in [-0.1, -0.05) is 33.6 Å². The topological polar surface area (TPSA) is 88.0 Å². The van der Waals surface area contributed by atoms with Crippen LogP contribution in [-0.2, 0) is 10.0 Å². The third kappa shape index (κ3) is 4.07. The van der Waals surface area contributed by atoms with Gasteiger partial charge in [0.05, 0.1) is 18.2 Å². The van der Waals surface area contributed by atoms with Crippen molar-refractivity contribution >= 4 is 32.2 Å². The minimum Gasteiger partial charge on any atom is -0.504 e. The van der Waals surface area contributed by atoms with E-state index in [0.717, 1.165) is 5.56 Å². The SMILES string of the molecule is COc1cc(Br)cc(/C=N/NS(=O)(=O)c2ccc(C)cc2C)c1O. The maximum absolute atomic E-state index is 12.3. The number of aryl methyl sites for hydroxylation is 2. The zero-order valence-electron chi connectivity index (χ0n) is 13.4. The van der Waals surface area contributed by atoms with Crippen molar-refractivity contribution in [2.24, 2.45) is 5.10 Å². The fourth-order valence-corrected chi connectivity index (χ4v) is 3.64. The summed E-state index contributed by atoms with van der Waals surface area (Å²) in [6.45, 7) is 3.61. The molecule has 6 nitrogen and oxygen atoms in total. The Morgan fingerprint density at radius 3 is 2.58 bits per heavy atom. The van der Waals surface area contributed by atoms with Crippen molar-refractivity contribution in [3.05, 3.63) is 51.5 Å². The Balaban J connectivity index is 2.27. The smallest absolute Gasteiger partial charge is 0.276 e. The first-order valence-corrected chi connectivity index (χ1v) is 9.21. The number of sulfonamides is 1. The maximum atomic E-state index is 12.3. The molecule has 0 fully saturated rings. The predicted octanol–water partition coefficient (Wildman–Crippen LogP) is 3.09. The van der Waals surface area contributed by atoms with Crippen molar-refractivity contribution in [1.29, 1.82) is 0 Å². The minimum absolute atomic E-state index is 0.129. The summed E-state index contributed by atoms with van der Waals surface area (Å²) in [5.41, 5.74) is 1.91. The van der Waals surface area contributed by atoms with Gasteiger partial charge in [-0.2, -0.15) is 13.5 Å². The molecular formula is C16H17BrN2O4S. The molecule has 0 bridgehead atoms. The lowest BCUT2D eigenvalue weighted by Gasteiger charge is -2.08. The molecule has 2 rings (SSSR count). The van der Waals surface area contributed by atoms with Crippen LogP contribution in [0.25, 0.3) is 0 Å². The van der Waals surface area contributed by atoms with E-state index in [9.17, 15) is 13.5 Å². The summed E-state index contributed by atoms with van der Waals surface area (Å²) >= 11 is 3.28. The molecule has 0 aliphatic rings. The average molecular weight is 413 g/mol. The van der Waals surface area contributed by atoms with E-state index >= 15 is 0 Å². The van der Waals surface area contributed by atoms with Crippen molar-refractivity contribution in [2.75, 3.05) is 7.11 Å². The Hall–Kier alpha value is -2.06. The van der Waals surface area contributed by atoms with Crippen LogP contribution in [0.15, 0.2) is 44.8 Å². The zero-order valence-corrected chi connectivity index (χ0v) is 15.8. The molecule has 0 saturated heterocycles. The first-order valence-electron chi connectivity index (χ1n) is 6.93. The van der Waals surface area contributed by atoms with Crippen LogP contribution >= 0.6 is 15.9 Å². The summed E-state index contributed by atoms with van der Waals surface area (Å²) in [5, 5.41) is 13.8. The Bertz CT molecular complexity index is 895. The Labute approximate surface area is 149 Å². The minimum atomic E-state index is -3.79. The van der Waals surface area contributed by atoms with Gasteiger partial charge in [-0.05, 0) is 37.6 Å². The summed E-state index contributed by atoms with van der Waals surface area (Å²) in [5.74, 6) is 0.123. The highest BCUT2D eigenvalue weighted by Crippen LogP contribution is 2.32. The first kappa shape index (κ1) is 18.3. The molecule has 0 heterocycles. The molecule has 24 heavy (non-hydrogen) atoms. The van der Waals surface area contributed by atoms with Crippen molar-refractivity contribution < 1.29 is 18.3 Å². The maximum Gasteiger partial charge on any atom is 0.276 e. The van der Waals surface area contributed by atoms with E-state index < -0.39 is 10.0 Å². The molecule has 0 radical (unpaired) electrons. The number of halogens is 1. The van der Waals surface area contributed by atoms with Crippen molar-refractivity contribution in [3.8, 4) is 11.5 Å². The van der Waals surface area contributed by atoms with E-state index in [1.165, 1.54) is 19.4 Å². The van der Waals surface area contributed by atoms with Crippen LogP contribution in [0.1, 0.15) is 16.7 Å². The number of hydrogen-bond donors (Lipinski definition) is 2. The summed E-state index contributed by atoms with van der Waals surface area (Å²) < 4.78 is 30.3. The van der Waals surface area contributed by atoms with Gasteiger partial charge >= 0.3 is 0 Å². The fraction of sp³-hybridized carbons (Fsp3) is 0.188. The number of phenolic OH excluding ortho intramolecular Hbond substituents is 1. The monoisotopic (exact) mass is 412 g/mol. The molecule has 0 unspecified atom stereocenters. The number of hydrazone groups is 1. The van der Waals surface area contributed by atoms with E-state index in [2.05, 4.69) is 25.9 Å². The third-order valence-electron chi connectivity index (χ3n) is 3.29. The lowest BCUT2D eigenvalue weighted by Crippen LogP contribution is -2.19. The Morgan fingerprint density at radius 1 is 1.25 bits per heavy atom. The number of rotatable bonds is 5. The van der Waals surface area contributed by atoms with Gasteiger partial charge in [-0.15, -0.1) is 0 Å². The van der Waals surface area contributed by atoms with Gasteiger partial charge in [0.1, 0.15) is 0 Å². The molecule has 8 heteroatoms. The van der Waals surface area contributed by atoms with E-state index in [4.69, 9.17) is 4.74 Å². The van der Waals surface area contributed by atoms with E-state index in [-0.39, 0.29) is 16.4 Å². The first-order chi connectivity index (χ1) is 11.2. The molecule has 0 aliphatic heterocycles. The second kappa shape index (κ2) is 7.23. The van der Waals surface area contributed by atoms with Gasteiger partial charge in [-0.3, -0.25) is 0 Å². The average Bonchev–Trinajstić information content (AvgIpc) is 2.49. The van der Waals surface area contributed by atoms with Crippen LogP contribution in [-0.4, -0.2) is 26.8 Å². The standard InChI is InChI=1S/C16H17BrN2O4S/c1-10-4-5-15(11(2)6-10)24(21,22)19-18-9-12-7-13(17)8-14(23-3)16(12)20/h4-9,19-20H,1-3H3/b18-9+. The number of hydrogen-bond acceptors (Lipinski definition) is 5. The van der Waals surface area contributed by atoms with Gasteiger partial charge in [0.15, 0.2) is 11.5 Å². The van der Waals surface area contributed by atoms with Gasteiger partial charge < -0.3 is 9.84 Å². The zero-order chi connectivity index (χ0) is 17.9. The molecule has 0 amide bonds. The molecule has 0 aromatic heterocycles. The quantitative estimate of drug-likeness (QED) is 0.583. The van der Waals surface area contributed by atoms with Crippen LogP contribution < -0.4 is 9.57 Å². The highest BCUT2D eigenvalue weighted by atomic mass is 79.9. The summed E-state index contributed by atoms with van der Waals surface area (Å²) in [4.78, 5) is 2.30. The number of methoxy groups -OCH3 is 1. The van der Waals surface area contributed by atoms with E-state index in [1.54, 1.807) is 31.2 Å². The normalized spacial score (nSPS) is 11.7. The fourth-order valence-electron chi connectivity index (χ4n) is 2.16. The molecular weight excluding hydrogens is 396 g/mol. The second-order valence-electron chi connectivity index (χ2n) is 5.17. The number of ether oxygens (including phenoxy) is 1. The lowest BCUT2D eigenvalue weighted by molar-refractivity contribution is 0.373. The Kier molecular flexibility index (Phi) is 5.51. The number of nitrogens with one attached hydrogen (secondary N) is 1. The molecule has 0 atom stereocenters. The number of aromatic hydroxyl groups is 1. The van der Waals surface area contributed by atoms with Gasteiger partial charge in [0.2, 0.25) is 0 Å². The van der Waals surface area contributed by atoms with Crippen molar-refractivity contribution in [2.45, 2.75) is 18.7 Å². The molecule has 0 saturated carbocycles. The van der Waals surface area contributed by atoms with Crippen LogP contribution in [0.3, 0.4) is 0 Å². The highest BCUT2D eigenvalue weighted by molar-refractivity contribution is 9.10. The summed E-state index contributed by atoms with van der Waals surface area (Å²) in [6, 6.07) is 8.21. The number of benzene rings is 2. The van der Waals surface area contributed by atoms with Gasteiger partial charge in [0.25, 0.3) is 10.0 Å². The molecule has 128 valence electrons. The van der Waals surface area contributed by atoms with Crippen LogP contribution in [0.2, 0.25) is 0 Å². The number of nitrogens with zero attached hydrogens (tertiary/aromatic N) is 1. The van der Waals surface area contributed by atoms with E-state index in [1.807, 2.05) is 6.92 Å². The second-order valence-corrected chi connectivity index (χ2v) is 7.71. The Morgan fingerprint density at radius 2 is 1.96 bits per heavy atom. The van der Waals surface area contributed by atoms with Crippen LogP contribution in [0, 0.1) is 13.8 Å². The molecule has 2 aromatic carbocycles. The molecule has 0 spiro atoms. The summed E-state index contributed by atoms with van der Waals surface area (Å²) in [7, 11) is -2.37. The van der Waals surface area contributed by atoms with Crippen LogP contribution in [0.4, 0.5) is 0 Å². The van der Waals surface area contributed by atoms with Gasteiger partial charge in [0, 0.05) is 10.0 Å². The molecule has 2 N–H and O–H groups in total. The van der Waals surface area contributed by atoms with Crippen LogP contribution in [0.5, 0.6) is 11.5 Å². The molecule has 2 aromatic rings. The highest BCUT2D eigenvalue weighted by Gasteiger charge is 2.16. The van der Waals surface area contributed by atoms with Crippen molar-refractivity contribution in [3.63, 3.8) is 0 Å². The summed E-state index contributed by atoms with van der Waals surface area (Å²) in [6.07, 6.45) is 1.21.